The first-order valence-corrected chi connectivity index (χ1v) is 8.34. The van der Waals surface area contributed by atoms with Gasteiger partial charge in [0, 0.05) is 11.4 Å². The van der Waals surface area contributed by atoms with Gasteiger partial charge in [-0.15, -0.1) is 11.3 Å². The number of nitrogens with one attached hydrogen (secondary N) is 2. The van der Waals surface area contributed by atoms with Gasteiger partial charge >= 0.3 is 6.03 Å². The van der Waals surface area contributed by atoms with Crippen molar-refractivity contribution in [1.82, 2.24) is 15.5 Å². The van der Waals surface area contributed by atoms with Crippen LogP contribution >= 0.6 is 11.3 Å². The van der Waals surface area contributed by atoms with Gasteiger partial charge in [-0.05, 0) is 24.1 Å². The van der Waals surface area contributed by atoms with Crippen LogP contribution in [0.2, 0.25) is 0 Å². The average Bonchev–Trinajstić information content (AvgIpc) is 3.07. The van der Waals surface area contributed by atoms with Gasteiger partial charge in [0.1, 0.15) is 0 Å². The fraction of sp³-hybridized carbons (Fsp3) is 0.278. The van der Waals surface area contributed by atoms with Gasteiger partial charge in [-0.3, -0.25) is 4.90 Å². The second-order valence-electron chi connectivity index (χ2n) is 5.13. The van der Waals surface area contributed by atoms with Crippen LogP contribution in [0.25, 0.3) is 0 Å². The van der Waals surface area contributed by atoms with Crippen molar-refractivity contribution in [3.05, 3.63) is 58.3 Å². The molecule has 0 saturated carbocycles. The third-order valence-electron chi connectivity index (χ3n) is 3.11. The molecule has 2 aromatic rings. The maximum atomic E-state index is 11.6. The van der Waals surface area contributed by atoms with Crippen molar-refractivity contribution >= 4 is 17.4 Å². The summed E-state index contributed by atoms with van der Waals surface area (Å²) < 4.78 is 0. The quantitative estimate of drug-likeness (QED) is 0.801. The van der Waals surface area contributed by atoms with E-state index < -0.39 is 0 Å². The number of carbonyl (C=O) groups is 1. The molecule has 120 valence electrons. The van der Waals surface area contributed by atoms with Gasteiger partial charge in [0.05, 0.1) is 19.6 Å². The van der Waals surface area contributed by atoms with Crippen LogP contribution in [-0.2, 0) is 13.1 Å². The number of benzene rings is 1. The molecule has 2 rings (SSSR count). The lowest BCUT2D eigenvalue weighted by atomic mass is 10.2. The number of thiophene rings is 1. The van der Waals surface area contributed by atoms with Gasteiger partial charge in [-0.2, -0.15) is 0 Å². The molecule has 0 aliphatic rings. The van der Waals surface area contributed by atoms with Gasteiger partial charge in [0.15, 0.2) is 0 Å². The lowest BCUT2D eigenvalue weighted by Gasteiger charge is -2.12. The van der Waals surface area contributed by atoms with Crippen molar-refractivity contribution in [3.8, 4) is 11.8 Å². The summed E-state index contributed by atoms with van der Waals surface area (Å²) in [6.07, 6.45) is 0. The molecule has 23 heavy (non-hydrogen) atoms. The minimum atomic E-state index is -0.189. The molecule has 0 aliphatic carbocycles. The lowest BCUT2D eigenvalue weighted by molar-refractivity contribution is 0.242. The van der Waals surface area contributed by atoms with Crippen molar-refractivity contribution in [1.29, 1.82) is 0 Å². The zero-order chi connectivity index (χ0) is 16.3. The molecule has 1 aromatic heterocycles. The molecule has 0 spiro atoms. The van der Waals surface area contributed by atoms with Crippen LogP contribution in [0.15, 0.2) is 47.8 Å². The molecular weight excluding hydrogens is 306 g/mol. The van der Waals surface area contributed by atoms with E-state index in [1.807, 2.05) is 42.8 Å². The standard InChI is InChI=1S/C18H21N3OS/c1-21(15-16-8-3-2-4-9-16)12-6-5-11-19-18(22)20-14-17-10-7-13-23-17/h2-4,7-10,13H,11-12,14-15H2,1H3,(H2,19,20,22). The number of rotatable bonds is 6. The van der Waals surface area contributed by atoms with Crippen LogP contribution in [-0.4, -0.2) is 31.1 Å². The van der Waals surface area contributed by atoms with Gasteiger partial charge < -0.3 is 10.6 Å². The topological polar surface area (TPSA) is 44.4 Å². The van der Waals surface area contributed by atoms with Crippen molar-refractivity contribution in [2.45, 2.75) is 13.1 Å². The van der Waals surface area contributed by atoms with E-state index in [0.717, 1.165) is 11.4 Å². The van der Waals surface area contributed by atoms with E-state index >= 15 is 0 Å². The third kappa shape index (κ3) is 7.00. The predicted molar refractivity (Wildman–Crippen MR) is 95.1 cm³/mol. The van der Waals surface area contributed by atoms with Crippen molar-refractivity contribution in [2.24, 2.45) is 0 Å². The third-order valence-corrected chi connectivity index (χ3v) is 3.99. The summed E-state index contributed by atoms with van der Waals surface area (Å²) in [4.78, 5) is 14.9. The van der Waals surface area contributed by atoms with E-state index in [9.17, 15) is 4.79 Å². The number of nitrogens with zero attached hydrogens (tertiary/aromatic N) is 1. The molecule has 1 aromatic carbocycles. The normalized spacial score (nSPS) is 10.0. The zero-order valence-electron chi connectivity index (χ0n) is 13.2. The fourth-order valence-corrected chi connectivity index (χ4v) is 2.62. The minimum absolute atomic E-state index is 0.189. The monoisotopic (exact) mass is 327 g/mol. The first-order chi connectivity index (χ1) is 11.2. The van der Waals surface area contributed by atoms with E-state index in [-0.39, 0.29) is 6.03 Å². The predicted octanol–water partition coefficient (Wildman–Crippen LogP) is 2.68. The molecule has 0 radical (unpaired) electrons. The van der Waals surface area contributed by atoms with Gasteiger partial charge in [-0.1, -0.05) is 48.2 Å². The van der Waals surface area contributed by atoms with E-state index in [2.05, 4.69) is 39.5 Å². The van der Waals surface area contributed by atoms with Crippen LogP contribution in [0.5, 0.6) is 0 Å². The Labute approximate surface area is 141 Å². The zero-order valence-corrected chi connectivity index (χ0v) is 14.0. The van der Waals surface area contributed by atoms with Crippen LogP contribution in [0.1, 0.15) is 10.4 Å². The van der Waals surface area contributed by atoms with E-state index in [4.69, 9.17) is 0 Å². The van der Waals surface area contributed by atoms with Crippen LogP contribution in [0.4, 0.5) is 4.79 Å². The number of hydrogen-bond donors (Lipinski definition) is 2. The first-order valence-electron chi connectivity index (χ1n) is 7.46. The minimum Gasteiger partial charge on any atom is -0.333 e. The number of urea groups is 1. The molecule has 0 aliphatic heterocycles. The largest absolute Gasteiger partial charge is 0.333 e. The highest BCUT2D eigenvalue weighted by Gasteiger charge is 1.99. The first kappa shape index (κ1) is 17.1. The molecule has 1 heterocycles. The highest BCUT2D eigenvalue weighted by atomic mass is 32.1. The second kappa shape index (κ2) is 9.67. The Balaban J connectivity index is 1.59. The summed E-state index contributed by atoms with van der Waals surface area (Å²) in [5.41, 5.74) is 1.27. The Morgan fingerprint density at radius 1 is 1.13 bits per heavy atom. The lowest BCUT2D eigenvalue weighted by Crippen LogP contribution is -2.35. The molecule has 2 amide bonds. The van der Waals surface area contributed by atoms with Crippen molar-refractivity contribution in [2.75, 3.05) is 20.1 Å². The molecule has 4 nitrogen and oxygen atoms in total. The molecule has 2 N–H and O–H groups in total. The SMILES string of the molecule is CN(CC#CCNC(=O)NCc1cccs1)Cc1ccccc1. The number of amides is 2. The summed E-state index contributed by atoms with van der Waals surface area (Å²) >= 11 is 1.62. The Hall–Kier alpha value is -2.29. The summed E-state index contributed by atoms with van der Waals surface area (Å²) in [5.74, 6) is 6.03. The molecule has 0 unspecified atom stereocenters. The Kier molecular flexibility index (Phi) is 7.18. The summed E-state index contributed by atoms with van der Waals surface area (Å²) in [5, 5.41) is 7.52. The Morgan fingerprint density at radius 2 is 1.96 bits per heavy atom. The number of carbonyl (C=O) groups excluding carboxylic acids is 1. The van der Waals surface area contributed by atoms with Gasteiger partial charge in [0.2, 0.25) is 0 Å². The maximum Gasteiger partial charge on any atom is 0.315 e. The molecular formula is C18H21N3OS. The van der Waals surface area contributed by atoms with Crippen LogP contribution < -0.4 is 10.6 Å². The van der Waals surface area contributed by atoms with Crippen molar-refractivity contribution < 1.29 is 4.79 Å². The van der Waals surface area contributed by atoms with Crippen molar-refractivity contribution in [3.63, 3.8) is 0 Å². The molecule has 0 saturated heterocycles. The Bertz CT molecular complexity index is 644. The van der Waals surface area contributed by atoms with Crippen LogP contribution in [0, 0.1) is 11.8 Å². The summed E-state index contributed by atoms with van der Waals surface area (Å²) in [6, 6.07) is 14.1. The highest BCUT2D eigenvalue weighted by Crippen LogP contribution is 2.06. The smallest absolute Gasteiger partial charge is 0.315 e. The molecule has 0 bridgehead atoms. The maximum absolute atomic E-state index is 11.6. The molecule has 5 heteroatoms. The average molecular weight is 327 g/mol. The summed E-state index contributed by atoms with van der Waals surface area (Å²) in [6.45, 7) is 2.45. The van der Waals surface area contributed by atoms with Crippen LogP contribution in [0.3, 0.4) is 0 Å². The molecule has 0 fully saturated rings. The molecule has 0 atom stereocenters. The van der Waals surface area contributed by atoms with E-state index in [1.54, 1.807) is 11.3 Å². The van der Waals surface area contributed by atoms with Gasteiger partial charge in [-0.25, -0.2) is 4.79 Å². The van der Waals surface area contributed by atoms with E-state index in [0.29, 0.717) is 19.6 Å². The van der Waals surface area contributed by atoms with Gasteiger partial charge in [0.25, 0.3) is 0 Å². The highest BCUT2D eigenvalue weighted by molar-refractivity contribution is 7.09. The fourth-order valence-electron chi connectivity index (χ4n) is 1.97. The Morgan fingerprint density at radius 3 is 2.70 bits per heavy atom. The number of hydrogen-bond acceptors (Lipinski definition) is 3. The van der Waals surface area contributed by atoms with E-state index in [1.165, 1.54) is 5.56 Å². The summed E-state index contributed by atoms with van der Waals surface area (Å²) in [7, 11) is 2.03. The second-order valence-corrected chi connectivity index (χ2v) is 6.16.